The number of likely N-dealkylation sites (tertiary alicyclic amines) is 2. The number of nitrogens with zero attached hydrogens (tertiary/aromatic N) is 2. The highest BCUT2D eigenvalue weighted by Crippen LogP contribution is 2.42. The number of fused-ring (bicyclic) bond motifs is 1. The molecule has 3 heterocycles. The minimum Gasteiger partial charge on any atom is -0.508 e. The van der Waals surface area contributed by atoms with Crippen LogP contribution in [0.25, 0.3) is 0 Å². The maximum atomic E-state index is 13.1. The van der Waals surface area contributed by atoms with Crippen LogP contribution >= 0.6 is 11.6 Å². The van der Waals surface area contributed by atoms with E-state index in [0.29, 0.717) is 18.7 Å². The Hall–Kier alpha value is -2.52. The Balaban J connectivity index is 1.14. The third-order valence-electron chi connectivity index (χ3n) is 7.57. The number of carbonyl (C=O) groups excluding carboxylic acids is 1. The van der Waals surface area contributed by atoms with Crippen molar-refractivity contribution >= 4 is 17.5 Å². The maximum Gasteiger partial charge on any atom is 0.257 e. The second kappa shape index (κ2) is 10.5. The first kappa shape index (κ1) is 25.1. The van der Waals surface area contributed by atoms with E-state index >= 15 is 0 Å². The number of piperidine rings is 1. The van der Waals surface area contributed by atoms with Gasteiger partial charge in [0.15, 0.2) is 0 Å². The zero-order chi connectivity index (χ0) is 25.3. The normalized spacial score (nSPS) is 21.9. The van der Waals surface area contributed by atoms with E-state index in [1.165, 1.54) is 18.2 Å². The van der Waals surface area contributed by atoms with Gasteiger partial charge in [0, 0.05) is 56.5 Å². The van der Waals surface area contributed by atoms with Gasteiger partial charge in [-0.05, 0) is 48.7 Å². The standard InChI is InChI=1S/C27H33ClN2O6/c28-19-3-6-24-18(12-19)14-27(36-24)7-10-29(11-8-27)15-22(33)17-35-25-13-21(32)4-5-23(25)26(34)30-9-1-2-20(30)16-31/h3-6,12-13,20,22,31-33H,1-2,7-11,14-17H2/t20-,22-/m0/s1. The highest BCUT2D eigenvalue weighted by Gasteiger charge is 2.42. The van der Waals surface area contributed by atoms with Gasteiger partial charge in [-0.1, -0.05) is 11.6 Å². The Kier molecular flexibility index (Phi) is 7.30. The number of aliphatic hydroxyl groups excluding tert-OH is 2. The number of benzene rings is 2. The van der Waals surface area contributed by atoms with Crippen LogP contribution in [0.5, 0.6) is 17.2 Å². The van der Waals surface area contributed by atoms with Gasteiger partial charge < -0.3 is 34.6 Å². The quantitative estimate of drug-likeness (QED) is 0.520. The lowest BCUT2D eigenvalue weighted by atomic mass is 9.87. The second-order valence-electron chi connectivity index (χ2n) is 10.1. The van der Waals surface area contributed by atoms with Crippen LogP contribution < -0.4 is 9.47 Å². The molecule has 2 fully saturated rings. The monoisotopic (exact) mass is 516 g/mol. The number of carbonyl (C=O) groups is 1. The molecule has 1 amide bonds. The third-order valence-corrected chi connectivity index (χ3v) is 7.81. The van der Waals surface area contributed by atoms with Crippen LogP contribution in [-0.2, 0) is 6.42 Å². The highest BCUT2D eigenvalue weighted by molar-refractivity contribution is 6.30. The van der Waals surface area contributed by atoms with E-state index in [4.69, 9.17) is 21.1 Å². The van der Waals surface area contributed by atoms with Crippen LogP contribution in [-0.4, -0.2) is 88.2 Å². The van der Waals surface area contributed by atoms with E-state index in [1.54, 1.807) is 4.90 Å². The molecule has 0 aromatic heterocycles. The summed E-state index contributed by atoms with van der Waals surface area (Å²) in [4.78, 5) is 16.9. The van der Waals surface area contributed by atoms with Crippen LogP contribution in [0, 0.1) is 0 Å². The number of rotatable bonds is 7. The lowest BCUT2D eigenvalue weighted by molar-refractivity contribution is -0.00203. The van der Waals surface area contributed by atoms with Gasteiger partial charge in [0.2, 0.25) is 0 Å². The molecule has 0 aliphatic carbocycles. The zero-order valence-electron chi connectivity index (χ0n) is 20.2. The average Bonchev–Trinajstić information content (AvgIpc) is 3.48. The van der Waals surface area contributed by atoms with E-state index in [0.717, 1.165) is 61.5 Å². The number of β-amino-alcohol motifs (C(OH)–C–C–N with tert-alkyl or cyclic N) is 1. The second-order valence-corrected chi connectivity index (χ2v) is 10.6. The minimum absolute atomic E-state index is 0.00472. The van der Waals surface area contributed by atoms with Crippen molar-refractivity contribution in [2.45, 2.75) is 49.9 Å². The molecule has 9 heteroatoms. The number of ether oxygens (including phenoxy) is 2. The van der Waals surface area contributed by atoms with Gasteiger partial charge >= 0.3 is 0 Å². The minimum atomic E-state index is -0.762. The van der Waals surface area contributed by atoms with Crippen molar-refractivity contribution in [3.05, 3.63) is 52.5 Å². The summed E-state index contributed by atoms with van der Waals surface area (Å²) in [5.74, 6) is 0.889. The van der Waals surface area contributed by atoms with Crippen LogP contribution in [0.2, 0.25) is 5.02 Å². The van der Waals surface area contributed by atoms with E-state index in [-0.39, 0.29) is 42.3 Å². The number of hydrogen-bond acceptors (Lipinski definition) is 7. The summed E-state index contributed by atoms with van der Waals surface area (Å²) >= 11 is 6.14. The van der Waals surface area contributed by atoms with Crippen molar-refractivity contribution in [1.29, 1.82) is 0 Å². The summed E-state index contributed by atoms with van der Waals surface area (Å²) in [7, 11) is 0. The Morgan fingerprint density at radius 3 is 2.78 bits per heavy atom. The van der Waals surface area contributed by atoms with Gasteiger partial charge in [-0.15, -0.1) is 0 Å². The third kappa shape index (κ3) is 5.27. The molecular formula is C27H33ClN2O6. The molecule has 2 aromatic rings. The van der Waals surface area contributed by atoms with Crippen LogP contribution in [0.3, 0.4) is 0 Å². The SMILES string of the molecule is O=C(c1ccc(O)cc1OC[C@@H](O)CN1CCC2(CC1)Cc1cc(Cl)ccc1O2)N1CCC[C@H]1CO. The number of aromatic hydroxyl groups is 1. The first-order valence-electron chi connectivity index (χ1n) is 12.6. The van der Waals surface area contributed by atoms with E-state index in [9.17, 15) is 20.1 Å². The van der Waals surface area contributed by atoms with Crippen LogP contribution in [0.4, 0.5) is 0 Å². The molecule has 1 spiro atoms. The van der Waals surface area contributed by atoms with Gasteiger partial charge in [0.25, 0.3) is 5.91 Å². The molecule has 194 valence electrons. The fourth-order valence-corrected chi connectivity index (χ4v) is 5.81. The predicted molar refractivity (Wildman–Crippen MR) is 135 cm³/mol. The summed E-state index contributed by atoms with van der Waals surface area (Å²) in [6.07, 6.45) is 3.41. The first-order chi connectivity index (χ1) is 17.4. The predicted octanol–water partition coefficient (Wildman–Crippen LogP) is 2.85. The first-order valence-corrected chi connectivity index (χ1v) is 13.0. The molecule has 36 heavy (non-hydrogen) atoms. The number of phenols is 1. The molecule has 2 saturated heterocycles. The van der Waals surface area contributed by atoms with Crippen LogP contribution in [0.1, 0.15) is 41.6 Å². The van der Waals surface area contributed by atoms with Crippen molar-refractivity contribution in [3.8, 4) is 17.2 Å². The van der Waals surface area contributed by atoms with Crippen molar-refractivity contribution in [2.75, 3.05) is 39.4 Å². The average molecular weight is 517 g/mol. The number of amides is 1. The summed E-state index contributed by atoms with van der Waals surface area (Å²) in [5, 5.41) is 30.9. The summed E-state index contributed by atoms with van der Waals surface area (Å²) < 4.78 is 12.1. The van der Waals surface area contributed by atoms with Gasteiger partial charge in [-0.3, -0.25) is 4.79 Å². The van der Waals surface area contributed by atoms with Gasteiger partial charge in [-0.2, -0.15) is 0 Å². The van der Waals surface area contributed by atoms with Crippen molar-refractivity contribution < 1.29 is 29.6 Å². The van der Waals surface area contributed by atoms with Crippen molar-refractivity contribution in [1.82, 2.24) is 9.80 Å². The molecule has 3 N–H and O–H groups in total. The van der Waals surface area contributed by atoms with Gasteiger partial charge in [-0.25, -0.2) is 0 Å². The molecule has 0 bridgehead atoms. The summed E-state index contributed by atoms with van der Waals surface area (Å²) in [6.45, 7) is 2.52. The fraction of sp³-hybridized carbons (Fsp3) is 0.519. The van der Waals surface area contributed by atoms with Crippen molar-refractivity contribution in [3.63, 3.8) is 0 Å². The summed E-state index contributed by atoms with van der Waals surface area (Å²) in [6, 6.07) is 9.94. The topological polar surface area (TPSA) is 103 Å². The molecule has 3 aliphatic rings. The fourth-order valence-electron chi connectivity index (χ4n) is 5.62. The molecule has 0 unspecified atom stereocenters. The Morgan fingerprint density at radius 2 is 2.00 bits per heavy atom. The highest BCUT2D eigenvalue weighted by atomic mass is 35.5. The Morgan fingerprint density at radius 1 is 1.19 bits per heavy atom. The molecule has 3 aliphatic heterocycles. The van der Waals surface area contributed by atoms with Gasteiger partial charge in [0.1, 0.15) is 35.6 Å². The molecule has 8 nitrogen and oxygen atoms in total. The van der Waals surface area contributed by atoms with Gasteiger partial charge in [0.05, 0.1) is 18.2 Å². The zero-order valence-corrected chi connectivity index (χ0v) is 21.0. The number of hydrogen-bond donors (Lipinski definition) is 3. The number of phenolic OH excluding ortho intramolecular Hbond substituents is 1. The molecule has 0 radical (unpaired) electrons. The summed E-state index contributed by atoms with van der Waals surface area (Å²) in [5.41, 5.74) is 1.27. The lowest BCUT2D eigenvalue weighted by Crippen LogP contribution is -2.49. The number of aliphatic hydroxyl groups is 2. The molecule has 5 rings (SSSR count). The Labute approximate surface area is 216 Å². The van der Waals surface area contributed by atoms with E-state index < -0.39 is 6.10 Å². The molecule has 2 atom stereocenters. The van der Waals surface area contributed by atoms with Crippen molar-refractivity contribution in [2.24, 2.45) is 0 Å². The molecule has 2 aromatic carbocycles. The molecular weight excluding hydrogens is 484 g/mol. The largest absolute Gasteiger partial charge is 0.508 e. The van der Waals surface area contributed by atoms with E-state index in [1.807, 2.05) is 18.2 Å². The lowest BCUT2D eigenvalue weighted by Gasteiger charge is -2.39. The maximum absolute atomic E-state index is 13.1. The molecule has 0 saturated carbocycles. The smallest absolute Gasteiger partial charge is 0.257 e. The van der Waals surface area contributed by atoms with E-state index in [2.05, 4.69) is 4.90 Å². The van der Waals surface area contributed by atoms with Crippen LogP contribution in [0.15, 0.2) is 36.4 Å². The number of halogens is 1. The Bertz CT molecular complexity index is 1100.